The van der Waals surface area contributed by atoms with Gasteiger partial charge in [0.15, 0.2) is 0 Å². The maximum Gasteiger partial charge on any atom is 0.0730 e. The lowest BCUT2D eigenvalue weighted by Gasteiger charge is -2.38. The van der Waals surface area contributed by atoms with Gasteiger partial charge in [-0.2, -0.15) is 0 Å². The fraction of sp³-hybridized carbons (Fsp3) is 1.00. The summed E-state index contributed by atoms with van der Waals surface area (Å²) in [4.78, 5) is 2.68. The Morgan fingerprint density at radius 2 is 2.05 bits per heavy atom. The number of fused-ring (bicyclic) bond motifs is 1. The van der Waals surface area contributed by atoms with E-state index in [0.29, 0.717) is 6.10 Å². The molecule has 0 bridgehead atoms. The SMILES string of the molecule is CC1CCCC(NCCN2CCOC3CCCC32)C1. The number of hydrogen-bond acceptors (Lipinski definition) is 3. The Bertz CT molecular complexity index is 284. The van der Waals surface area contributed by atoms with Crippen molar-refractivity contribution in [2.45, 2.75) is 70.1 Å². The highest BCUT2D eigenvalue weighted by molar-refractivity contribution is 4.89. The van der Waals surface area contributed by atoms with Crippen LogP contribution in [-0.2, 0) is 4.74 Å². The summed E-state index contributed by atoms with van der Waals surface area (Å²) in [6.45, 7) is 6.88. The maximum absolute atomic E-state index is 5.88. The van der Waals surface area contributed by atoms with Crippen LogP contribution < -0.4 is 5.32 Å². The molecule has 0 amide bonds. The first-order valence-corrected chi connectivity index (χ1v) is 8.42. The zero-order valence-corrected chi connectivity index (χ0v) is 12.4. The van der Waals surface area contributed by atoms with Gasteiger partial charge < -0.3 is 10.1 Å². The molecular weight excluding hydrogens is 236 g/mol. The van der Waals surface area contributed by atoms with Crippen LogP contribution in [0.1, 0.15) is 51.9 Å². The number of nitrogens with zero attached hydrogens (tertiary/aromatic N) is 1. The average molecular weight is 266 g/mol. The number of morpholine rings is 1. The summed E-state index contributed by atoms with van der Waals surface area (Å²) in [6, 6.07) is 1.50. The number of ether oxygens (including phenoxy) is 1. The Kier molecular flexibility index (Phi) is 4.78. The Morgan fingerprint density at radius 3 is 2.95 bits per heavy atom. The summed E-state index contributed by atoms with van der Waals surface area (Å²) >= 11 is 0. The summed E-state index contributed by atoms with van der Waals surface area (Å²) in [5.74, 6) is 0.925. The van der Waals surface area contributed by atoms with Crippen LogP contribution in [0.2, 0.25) is 0 Å². The second-order valence-corrected chi connectivity index (χ2v) is 6.87. The van der Waals surface area contributed by atoms with Gasteiger partial charge in [0.2, 0.25) is 0 Å². The van der Waals surface area contributed by atoms with E-state index in [4.69, 9.17) is 4.74 Å². The largest absolute Gasteiger partial charge is 0.375 e. The molecule has 19 heavy (non-hydrogen) atoms. The van der Waals surface area contributed by atoms with Gasteiger partial charge in [0.1, 0.15) is 0 Å². The molecule has 3 fully saturated rings. The Morgan fingerprint density at radius 1 is 1.16 bits per heavy atom. The van der Waals surface area contributed by atoms with Gasteiger partial charge in [-0.05, 0) is 38.0 Å². The lowest BCUT2D eigenvalue weighted by atomic mass is 9.87. The van der Waals surface area contributed by atoms with Crippen LogP contribution in [0.3, 0.4) is 0 Å². The Hall–Kier alpha value is -0.120. The van der Waals surface area contributed by atoms with Gasteiger partial charge in [-0.1, -0.05) is 19.8 Å². The van der Waals surface area contributed by atoms with Crippen molar-refractivity contribution in [1.29, 1.82) is 0 Å². The van der Waals surface area contributed by atoms with Gasteiger partial charge in [0, 0.05) is 31.7 Å². The van der Waals surface area contributed by atoms with E-state index >= 15 is 0 Å². The third-order valence-corrected chi connectivity index (χ3v) is 5.37. The summed E-state index contributed by atoms with van der Waals surface area (Å²) in [5, 5.41) is 3.80. The molecular formula is C16H30N2O. The molecule has 3 aliphatic rings. The maximum atomic E-state index is 5.88. The van der Waals surface area contributed by atoms with E-state index in [1.54, 1.807) is 0 Å². The molecule has 2 saturated carbocycles. The first-order valence-electron chi connectivity index (χ1n) is 8.42. The molecule has 0 spiro atoms. The van der Waals surface area contributed by atoms with Crippen LogP contribution in [0.5, 0.6) is 0 Å². The predicted octanol–water partition coefficient (Wildman–Crippen LogP) is 2.41. The Labute approximate surface area is 118 Å². The quantitative estimate of drug-likeness (QED) is 0.845. The first kappa shape index (κ1) is 13.8. The zero-order chi connectivity index (χ0) is 13.1. The predicted molar refractivity (Wildman–Crippen MR) is 78.4 cm³/mol. The second kappa shape index (κ2) is 6.55. The number of rotatable bonds is 4. The lowest BCUT2D eigenvalue weighted by Crippen LogP contribution is -2.51. The molecule has 0 aromatic heterocycles. The van der Waals surface area contributed by atoms with E-state index in [-0.39, 0.29) is 0 Å². The molecule has 0 aromatic carbocycles. The zero-order valence-electron chi connectivity index (χ0n) is 12.4. The third-order valence-electron chi connectivity index (χ3n) is 5.37. The van der Waals surface area contributed by atoms with Gasteiger partial charge in [-0.25, -0.2) is 0 Å². The van der Waals surface area contributed by atoms with Crippen LogP contribution in [0.25, 0.3) is 0 Å². The Balaban J connectivity index is 1.39. The smallest absolute Gasteiger partial charge is 0.0730 e. The summed E-state index contributed by atoms with van der Waals surface area (Å²) in [7, 11) is 0. The van der Waals surface area contributed by atoms with Gasteiger partial charge in [-0.15, -0.1) is 0 Å². The van der Waals surface area contributed by atoms with E-state index < -0.39 is 0 Å². The van der Waals surface area contributed by atoms with Crippen molar-refractivity contribution in [3.8, 4) is 0 Å². The van der Waals surface area contributed by atoms with Gasteiger partial charge in [-0.3, -0.25) is 4.90 Å². The molecule has 4 atom stereocenters. The van der Waals surface area contributed by atoms with Crippen LogP contribution in [0.4, 0.5) is 0 Å². The molecule has 1 N–H and O–H groups in total. The van der Waals surface area contributed by atoms with E-state index in [1.807, 2.05) is 0 Å². The molecule has 1 saturated heterocycles. The third kappa shape index (κ3) is 3.50. The topological polar surface area (TPSA) is 24.5 Å². The number of nitrogens with one attached hydrogen (secondary N) is 1. The van der Waals surface area contributed by atoms with Crippen LogP contribution >= 0.6 is 0 Å². The van der Waals surface area contributed by atoms with Crippen molar-refractivity contribution in [2.75, 3.05) is 26.2 Å². The molecule has 1 heterocycles. The fourth-order valence-electron chi connectivity index (χ4n) is 4.32. The van der Waals surface area contributed by atoms with Crippen LogP contribution in [0.15, 0.2) is 0 Å². The molecule has 4 unspecified atom stereocenters. The van der Waals surface area contributed by atoms with E-state index in [1.165, 1.54) is 58.0 Å². The van der Waals surface area contributed by atoms with Crippen LogP contribution in [0, 0.1) is 5.92 Å². The highest BCUT2D eigenvalue weighted by Gasteiger charge is 2.35. The normalized spacial score (nSPS) is 40.3. The first-order chi connectivity index (χ1) is 9.33. The molecule has 2 aliphatic carbocycles. The lowest BCUT2D eigenvalue weighted by molar-refractivity contribution is -0.0551. The monoisotopic (exact) mass is 266 g/mol. The molecule has 3 heteroatoms. The highest BCUT2D eigenvalue weighted by atomic mass is 16.5. The molecule has 3 rings (SSSR count). The fourth-order valence-corrected chi connectivity index (χ4v) is 4.32. The minimum atomic E-state index is 0.545. The molecule has 0 radical (unpaired) electrons. The van der Waals surface area contributed by atoms with Crippen molar-refractivity contribution in [3.63, 3.8) is 0 Å². The van der Waals surface area contributed by atoms with Crippen molar-refractivity contribution >= 4 is 0 Å². The van der Waals surface area contributed by atoms with Gasteiger partial charge in [0.25, 0.3) is 0 Å². The summed E-state index contributed by atoms with van der Waals surface area (Å²) in [5.41, 5.74) is 0. The minimum absolute atomic E-state index is 0.545. The van der Waals surface area contributed by atoms with E-state index in [2.05, 4.69) is 17.1 Å². The standard InChI is InChI=1S/C16H30N2O/c1-13-4-2-5-14(12-13)17-8-9-18-10-11-19-16-7-3-6-15(16)18/h13-17H,2-12H2,1H3. The van der Waals surface area contributed by atoms with Crippen molar-refractivity contribution in [1.82, 2.24) is 10.2 Å². The second-order valence-electron chi connectivity index (χ2n) is 6.87. The average Bonchev–Trinajstić information content (AvgIpc) is 2.88. The van der Waals surface area contributed by atoms with E-state index in [0.717, 1.165) is 31.2 Å². The van der Waals surface area contributed by atoms with Gasteiger partial charge >= 0.3 is 0 Å². The van der Waals surface area contributed by atoms with Crippen molar-refractivity contribution < 1.29 is 4.74 Å². The molecule has 3 nitrogen and oxygen atoms in total. The summed E-state index contributed by atoms with van der Waals surface area (Å²) in [6.07, 6.45) is 10.2. The highest BCUT2D eigenvalue weighted by Crippen LogP contribution is 2.29. The number of hydrogen-bond donors (Lipinski definition) is 1. The van der Waals surface area contributed by atoms with Gasteiger partial charge in [0.05, 0.1) is 12.7 Å². The molecule has 110 valence electrons. The summed E-state index contributed by atoms with van der Waals surface area (Å²) < 4.78 is 5.88. The molecule has 1 aliphatic heterocycles. The minimum Gasteiger partial charge on any atom is -0.375 e. The van der Waals surface area contributed by atoms with Crippen molar-refractivity contribution in [2.24, 2.45) is 5.92 Å². The molecule has 0 aromatic rings. The van der Waals surface area contributed by atoms with Crippen molar-refractivity contribution in [3.05, 3.63) is 0 Å². The van der Waals surface area contributed by atoms with Crippen LogP contribution in [-0.4, -0.2) is 49.3 Å². The van der Waals surface area contributed by atoms with E-state index in [9.17, 15) is 0 Å².